The Balaban J connectivity index is 1.37. The van der Waals surface area contributed by atoms with Crippen molar-refractivity contribution in [3.63, 3.8) is 0 Å². The Labute approximate surface area is 168 Å². The third kappa shape index (κ3) is 3.49. The van der Waals surface area contributed by atoms with Gasteiger partial charge in [0.2, 0.25) is 0 Å². The standard InChI is InChI=1S/C23H21FN4O/c24-20-13-18(27-17-5-8-25-9-6-17)14-22-23(20)28(11-12-29-22)10-7-16-15-26-21-4-2-1-3-19(16)21/h1-6,8-9,13-15,26H,7,10-12H2,(H,25,27). The number of nitrogens with zero attached hydrogens (tertiary/aromatic N) is 2. The lowest BCUT2D eigenvalue weighted by Gasteiger charge is -2.32. The summed E-state index contributed by atoms with van der Waals surface area (Å²) >= 11 is 0. The molecule has 5 rings (SSSR count). The second-order valence-corrected chi connectivity index (χ2v) is 7.11. The first-order valence-corrected chi connectivity index (χ1v) is 9.71. The molecule has 6 heteroatoms. The van der Waals surface area contributed by atoms with E-state index in [1.807, 2.05) is 36.5 Å². The second-order valence-electron chi connectivity index (χ2n) is 7.11. The van der Waals surface area contributed by atoms with E-state index in [0.29, 0.717) is 30.3 Å². The van der Waals surface area contributed by atoms with Gasteiger partial charge in [-0.15, -0.1) is 0 Å². The number of rotatable bonds is 5. The molecule has 1 aliphatic heterocycles. The average molecular weight is 388 g/mol. The number of halogens is 1. The lowest BCUT2D eigenvalue weighted by molar-refractivity contribution is 0.304. The summed E-state index contributed by atoms with van der Waals surface area (Å²) in [6.45, 7) is 1.94. The van der Waals surface area contributed by atoms with Crippen LogP contribution in [0.1, 0.15) is 5.56 Å². The van der Waals surface area contributed by atoms with Crippen LogP contribution in [0, 0.1) is 5.82 Å². The molecule has 29 heavy (non-hydrogen) atoms. The van der Waals surface area contributed by atoms with Crippen LogP contribution in [0.25, 0.3) is 10.9 Å². The third-order valence-corrected chi connectivity index (χ3v) is 5.26. The van der Waals surface area contributed by atoms with E-state index >= 15 is 4.39 Å². The molecule has 146 valence electrons. The predicted molar refractivity (Wildman–Crippen MR) is 114 cm³/mol. The zero-order valence-electron chi connectivity index (χ0n) is 15.9. The number of aromatic nitrogens is 2. The molecule has 2 N–H and O–H groups in total. The van der Waals surface area contributed by atoms with Gasteiger partial charge >= 0.3 is 0 Å². The minimum absolute atomic E-state index is 0.280. The molecule has 0 bridgehead atoms. The van der Waals surface area contributed by atoms with Crippen molar-refractivity contribution in [2.45, 2.75) is 6.42 Å². The molecule has 0 aliphatic carbocycles. The number of aromatic amines is 1. The van der Waals surface area contributed by atoms with E-state index < -0.39 is 0 Å². The zero-order valence-corrected chi connectivity index (χ0v) is 15.9. The highest BCUT2D eigenvalue weighted by molar-refractivity contribution is 5.83. The minimum atomic E-state index is -0.280. The number of anilines is 3. The maximum Gasteiger partial charge on any atom is 0.152 e. The van der Waals surface area contributed by atoms with Crippen LogP contribution in [-0.4, -0.2) is 29.7 Å². The Morgan fingerprint density at radius 2 is 1.97 bits per heavy atom. The van der Waals surface area contributed by atoms with Gasteiger partial charge in [-0.1, -0.05) is 18.2 Å². The summed E-state index contributed by atoms with van der Waals surface area (Å²) in [5.41, 5.74) is 4.42. The average Bonchev–Trinajstić information content (AvgIpc) is 3.16. The molecule has 3 heterocycles. The summed E-state index contributed by atoms with van der Waals surface area (Å²) in [5, 5.41) is 4.42. The van der Waals surface area contributed by atoms with Gasteiger partial charge in [0.1, 0.15) is 18.0 Å². The van der Waals surface area contributed by atoms with Crippen molar-refractivity contribution in [2.24, 2.45) is 0 Å². The van der Waals surface area contributed by atoms with Crippen LogP contribution in [0.4, 0.5) is 21.5 Å². The summed E-state index contributed by atoms with van der Waals surface area (Å²) in [6.07, 6.45) is 6.27. The lowest BCUT2D eigenvalue weighted by atomic mass is 10.1. The van der Waals surface area contributed by atoms with E-state index in [2.05, 4.69) is 32.3 Å². The van der Waals surface area contributed by atoms with Gasteiger partial charge in [-0.05, 0) is 36.2 Å². The van der Waals surface area contributed by atoms with Gasteiger partial charge in [-0.3, -0.25) is 4.98 Å². The largest absolute Gasteiger partial charge is 0.489 e. The number of ether oxygens (including phenoxy) is 1. The van der Waals surface area contributed by atoms with Gasteiger partial charge in [-0.25, -0.2) is 4.39 Å². The molecule has 0 fully saturated rings. The van der Waals surface area contributed by atoms with E-state index in [1.165, 1.54) is 17.0 Å². The first-order valence-electron chi connectivity index (χ1n) is 9.71. The minimum Gasteiger partial charge on any atom is -0.489 e. The van der Waals surface area contributed by atoms with E-state index in [-0.39, 0.29) is 5.82 Å². The van der Waals surface area contributed by atoms with Crippen molar-refractivity contribution in [3.8, 4) is 5.75 Å². The highest BCUT2D eigenvalue weighted by atomic mass is 19.1. The number of benzene rings is 2. The summed E-state index contributed by atoms with van der Waals surface area (Å²) < 4.78 is 20.8. The van der Waals surface area contributed by atoms with E-state index in [9.17, 15) is 0 Å². The highest BCUT2D eigenvalue weighted by Crippen LogP contribution is 2.38. The molecule has 5 nitrogen and oxygen atoms in total. The van der Waals surface area contributed by atoms with Gasteiger partial charge in [0.15, 0.2) is 5.82 Å². The summed E-state index contributed by atoms with van der Waals surface area (Å²) in [5.74, 6) is 0.296. The van der Waals surface area contributed by atoms with Crippen molar-refractivity contribution >= 4 is 28.0 Å². The van der Waals surface area contributed by atoms with E-state index in [4.69, 9.17) is 4.74 Å². The number of hydrogen-bond acceptors (Lipinski definition) is 4. The van der Waals surface area contributed by atoms with Crippen molar-refractivity contribution in [2.75, 3.05) is 29.9 Å². The van der Waals surface area contributed by atoms with Crippen LogP contribution in [0.2, 0.25) is 0 Å². The quantitative estimate of drug-likeness (QED) is 0.511. The molecule has 0 radical (unpaired) electrons. The molecule has 0 amide bonds. The molecule has 0 saturated heterocycles. The van der Waals surface area contributed by atoms with Gasteiger partial charge < -0.3 is 19.9 Å². The Morgan fingerprint density at radius 3 is 2.86 bits per heavy atom. The van der Waals surface area contributed by atoms with Crippen molar-refractivity contribution in [3.05, 3.63) is 78.5 Å². The van der Waals surface area contributed by atoms with Crippen molar-refractivity contribution < 1.29 is 9.13 Å². The van der Waals surface area contributed by atoms with Gasteiger partial charge in [-0.2, -0.15) is 0 Å². The normalized spacial score (nSPS) is 13.2. The maximum atomic E-state index is 15.0. The fraction of sp³-hybridized carbons (Fsp3) is 0.174. The highest BCUT2D eigenvalue weighted by Gasteiger charge is 2.23. The predicted octanol–water partition coefficient (Wildman–Crippen LogP) is 4.89. The Morgan fingerprint density at radius 1 is 1.10 bits per heavy atom. The number of pyridine rings is 1. The molecule has 2 aromatic heterocycles. The van der Waals surface area contributed by atoms with Crippen LogP contribution >= 0.6 is 0 Å². The molecule has 4 aromatic rings. The zero-order chi connectivity index (χ0) is 19.6. The smallest absolute Gasteiger partial charge is 0.152 e. The van der Waals surface area contributed by atoms with Crippen LogP contribution in [0.5, 0.6) is 5.75 Å². The SMILES string of the molecule is Fc1cc(Nc2ccncc2)cc2c1N(CCc1c[nH]c3ccccc13)CCO2. The molecular weight excluding hydrogens is 367 g/mol. The van der Waals surface area contributed by atoms with Crippen LogP contribution < -0.4 is 15.0 Å². The number of nitrogens with one attached hydrogen (secondary N) is 2. The molecule has 0 atom stereocenters. The van der Waals surface area contributed by atoms with Crippen molar-refractivity contribution in [1.82, 2.24) is 9.97 Å². The monoisotopic (exact) mass is 388 g/mol. The first-order chi connectivity index (χ1) is 14.3. The second kappa shape index (κ2) is 7.47. The summed E-state index contributed by atoms with van der Waals surface area (Å²) in [6, 6.07) is 15.3. The summed E-state index contributed by atoms with van der Waals surface area (Å²) in [7, 11) is 0. The Hall–Kier alpha value is -3.54. The number of fused-ring (bicyclic) bond motifs is 2. The lowest BCUT2D eigenvalue weighted by Crippen LogP contribution is -2.35. The molecular formula is C23H21FN4O. The summed E-state index contributed by atoms with van der Waals surface area (Å²) in [4.78, 5) is 9.38. The Bertz CT molecular complexity index is 1140. The van der Waals surface area contributed by atoms with Crippen LogP contribution in [0.15, 0.2) is 67.1 Å². The molecule has 2 aromatic carbocycles. The molecule has 0 saturated carbocycles. The van der Waals surface area contributed by atoms with E-state index in [1.54, 1.807) is 12.4 Å². The topological polar surface area (TPSA) is 53.2 Å². The maximum absolute atomic E-state index is 15.0. The molecule has 0 unspecified atom stereocenters. The fourth-order valence-electron chi connectivity index (χ4n) is 3.86. The first kappa shape index (κ1) is 17.6. The number of para-hydroxylation sites is 1. The van der Waals surface area contributed by atoms with Gasteiger partial charge in [0, 0.05) is 53.5 Å². The van der Waals surface area contributed by atoms with E-state index in [0.717, 1.165) is 24.2 Å². The van der Waals surface area contributed by atoms with Crippen molar-refractivity contribution in [1.29, 1.82) is 0 Å². The Kier molecular flexibility index (Phi) is 4.52. The van der Waals surface area contributed by atoms with Gasteiger partial charge in [0.05, 0.1) is 6.54 Å². The van der Waals surface area contributed by atoms with Crippen LogP contribution in [0.3, 0.4) is 0 Å². The molecule has 1 aliphatic rings. The fourth-order valence-corrected chi connectivity index (χ4v) is 3.86. The molecule has 0 spiro atoms. The van der Waals surface area contributed by atoms with Gasteiger partial charge in [0.25, 0.3) is 0 Å². The number of H-pyrrole nitrogens is 1. The van der Waals surface area contributed by atoms with Crippen LogP contribution in [-0.2, 0) is 6.42 Å². The third-order valence-electron chi connectivity index (χ3n) is 5.26. The number of hydrogen-bond donors (Lipinski definition) is 2.